The topological polar surface area (TPSA) is 104 Å². The van der Waals surface area contributed by atoms with E-state index in [1.54, 1.807) is 25.1 Å². The van der Waals surface area contributed by atoms with E-state index < -0.39 is 0 Å². The molecule has 0 aliphatic carbocycles. The summed E-state index contributed by atoms with van der Waals surface area (Å²) in [5, 5.41) is 9.51. The van der Waals surface area contributed by atoms with Crippen molar-refractivity contribution in [2.24, 2.45) is 0 Å². The molecule has 2 aromatic rings. The lowest BCUT2D eigenvalue weighted by molar-refractivity contribution is -0.122. The quantitative estimate of drug-likeness (QED) is 0.702. The zero-order valence-corrected chi connectivity index (χ0v) is 16.3. The number of rotatable bonds is 8. The summed E-state index contributed by atoms with van der Waals surface area (Å²) >= 11 is 0. The molecule has 1 aliphatic heterocycles. The number of hydrogen-bond acceptors (Lipinski definition) is 7. The van der Waals surface area contributed by atoms with Crippen LogP contribution < -0.4 is 10.6 Å². The first-order valence-electron chi connectivity index (χ1n) is 9.59. The lowest BCUT2D eigenvalue weighted by Crippen LogP contribution is -2.54. The van der Waals surface area contributed by atoms with Gasteiger partial charge in [0.1, 0.15) is 5.76 Å². The van der Waals surface area contributed by atoms with Gasteiger partial charge in [0, 0.05) is 45.3 Å². The number of anilines is 1. The summed E-state index contributed by atoms with van der Waals surface area (Å²) in [5.41, 5.74) is 0. The van der Waals surface area contributed by atoms with Crippen LogP contribution in [0.5, 0.6) is 0 Å². The molecule has 152 valence electrons. The van der Waals surface area contributed by atoms with E-state index in [0.29, 0.717) is 23.9 Å². The summed E-state index contributed by atoms with van der Waals surface area (Å²) in [5.74, 6) is 1.18. The van der Waals surface area contributed by atoms with E-state index in [1.807, 2.05) is 6.92 Å². The molecular formula is C19H27N5O4. The maximum absolute atomic E-state index is 12.6. The number of hydrogen-bond donors (Lipinski definition) is 2. The SMILES string of the molecule is CCC(C(=O)Nc1cc(C)on1)N1CCN(CCNC(=O)c2ccco2)CC1. The number of nitrogens with zero attached hydrogens (tertiary/aromatic N) is 3. The Labute approximate surface area is 164 Å². The van der Waals surface area contributed by atoms with Crippen molar-refractivity contribution in [2.75, 3.05) is 44.6 Å². The Morgan fingerprint density at radius 2 is 2.07 bits per heavy atom. The van der Waals surface area contributed by atoms with Crippen LogP contribution in [0.2, 0.25) is 0 Å². The van der Waals surface area contributed by atoms with Gasteiger partial charge in [0.15, 0.2) is 11.6 Å². The van der Waals surface area contributed by atoms with Gasteiger partial charge in [-0.15, -0.1) is 0 Å². The summed E-state index contributed by atoms with van der Waals surface area (Å²) in [4.78, 5) is 28.9. The molecule has 2 amide bonds. The van der Waals surface area contributed by atoms with E-state index in [1.165, 1.54) is 6.26 Å². The monoisotopic (exact) mass is 389 g/mol. The summed E-state index contributed by atoms with van der Waals surface area (Å²) in [6.45, 7) is 8.42. The number of nitrogens with one attached hydrogen (secondary N) is 2. The molecular weight excluding hydrogens is 362 g/mol. The normalized spacial score (nSPS) is 16.6. The second kappa shape index (κ2) is 9.52. The standard InChI is InChI=1S/C19H27N5O4/c1-3-15(18(25)21-17-13-14(2)28-22-17)24-10-8-23(9-11-24)7-6-20-19(26)16-5-4-12-27-16/h4-5,12-13,15H,3,6-11H2,1-2H3,(H,20,26)(H,21,22,25). The fraction of sp³-hybridized carbons (Fsp3) is 0.526. The molecule has 3 rings (SSSR count). The maximum atomic E-state index is 12.6. The summed E-state index contributed by atoms with van der Waals surface area (Å²) in [7, 11) is 0. The van der Waals surface area contributed by atoms with Gasteiger partial charge in [-0.1, -0.05) is 12.1 Å². The van der Waals surface area contributed by atoms with Crippen molar-refractivity contribution in [1.29, 1.82) is 0 Å². The molecule has 2 N–H and O–H groups in total. The second-order valence-corrected chi connectivity index (χ2v) is 6.85. The van der Waals surface area contributed by atoms with Crippen LogP contribution in [0.3, 0.4) is 0 Å². The predicted octanol–water partition coefficient (Wildman–Crippen LogP) is 1.34. The Morgan fingerprint density at radius 1 is 1.29 bits per heavy atom. The highest BCUT2D eigenvalue weighted by atomic mass is 16.5. The Balaban J connectivity index is 1.40. The maximum Gasteiger partial charge on any atom is 0.287 e. The molecule has 0 aromatic carbocycles. The van der Waals surface area contributed by atoms with Crippen LogP contribution in [0, 0.1) is 6.92 Å². The van der Waals surface area contributed by atoms with Crippen molar-refractivity contribution in [3.05, 3.63) is 36.0 Å². The number of aromatic nitrogens is 1. The van der Waals surface area contributed by atoms with Gasteiger partial charge in [0.2, 0.25) is 5.91 Å². The first-order chi connectivity index (χ1) is 13.6. The van der Waals surface area contributed by atoms with Crippen LogP contribution in [0.15, 0.2) is 33.4 Å². The molecule has 0 radical (unpaired) electrons. The predicted molar refractivity (Wildman–Crippen MR) is 103 cm³/mol. The van der Waals surface area contributed by atoms with Crippen molar-refractivity contribution in [3.63, 3.8) is 0 Å². The Hall–Kier alpha value is -2.65. The highest BCUT2D eigenvalue weighted by molar-refractivity contribution is 5.94. The molecule has 9 heteroatoms. The number of carbonyl (C=O) groups is 2. The third-order valence-electron chi connectivity index (χ3n) is 4.87. The molecule has 0 spiro atoms. The van der Waals surface area contributed by atoms with Crippen LogP contribution in [-0.2, 0) is 4.79 Å². The van der Waals surface area contributed by atoms with Crippen LogP contribution in [0.4, 0.5) is 5.82 Å². The molecule has 2 aromatic heterocycles. The molecule has 1 fully saturated rings. The lowest BCUT2D eigenvalue weighted by atomic mass is 10.1. The van der Waals surface area contributed by atoms with Gasteiger partial charge < -0.3 is 19.6 Å². The first kappa shape index (κ1) is 20.1. The Kier molecular flexibility index (Phi) is 6.83. The number of carbonyl (C=O) groups excluding carboxylic acids is 2. The van der Waals surface area contributed by atoms with Gasteiger partial charge in [-0.25, -0.2) is 0 Å². The number of aryl methyl sites for hydroxylation is 1. The lowest BCUT2D eigenvalue weighted by Gasteiger charge is -2.38. The smallest absolute Gasteiger partial charge is 0.287 e. The van der Waals surface area contributed by atoms with Gasteiger partial charge in [-0.3, -0.25) is 19.4 Å². The Morgan fingerprint density at radius 3 is 2.68 bits per heavy atom. The van der Waals surface area contributed by atoms with E-state index in [9.17, 15) is 9.59 Å². The van der Waals surface area contributed by atoms with Gasteiger partial charge in [-0.05, 0) is 25.5 Å². The highest BCUT2D eigenvalue weighted by Gasteiger charge is 2.28. The zero-order chi connectivity index (χ0) is 19.9. The van der Waals surface area contributed by atoms with Gasteiger partial charge in [-0.2, -0.15) is 0 Å². The van der Waals surface area contributed by atoms with Crippen molar-refractivity contribution in [2.45, 2.75) is 26.3 Å². The number of amides is 2. The molecule has 0 saturated carbocycles. The van der Waals surface area contributed by atoms with Crippen LogP contribution in [-0.4, -0.2) is 72.1 Å². The average molecular weight is 389 g/mol. The number of piperazine rings is 1. The van der Waals surface area contributed by atoms with Crippen molar-refractivity contribution < 1.29 is 18.5 Å². The fourth-order valence-corrected chi connectivity index (χ4v) is 3.37. The minimum atomic E-state index is -0.200. The van der Waals surface area contributed by atoms with Crippen molar-refractivity contribution in [1.82, 2.24) is 20.3 Å². The number of furan rings is 1. The fourth-order valence-electron chi connectivity index (χ4n) is 3.37. The summed E-state index contributed by atoms with van der Waals surface area (Å²) in [6, 6.07) is 4.85. The van der Waals surface area contributed by atoms with E-state index in [-0.39, 0.29) is 17.9 Å². The van der Waals surface area contributed by atoms with E-state index in [0.717, 1.165) is 39.1 Å². The van der Waals surface area contributed by atoms with Crippen molar-refractivity contribution >= 4 is 17.6 Å². The summed E-state index contributed by atoms with van der Waals surface area (Å²) in [6.07, 6.45) is 2.21. The third kappa shape index (κ3) is 5.20. The molecule has 3 heterocycles. The largest absolute Gasteiger partial charge is 0.459 e. The highest BCUT2D eigenvalue weighted by Crippen LogP contribution is 2.13. The van der Waals surface area contributed by atoms with Crippen molar-refractivity contribution in [3.8, 4) is 0 Å². The minimum Gasteiger partial charge on any atom is -0.459 e. The molecule has 1 unspecified atom stereocenters. The molecule has 1 atom stereocenters. The zero-order valence-electron chi connectivity index (χ0n) is 16.3. The van der Waals surface area contributed by atoms with Crippen LogP contribution >= 0.6 is 0 Å². The second-order valence-electron chi connectivity index (χ2n) is 6.85. The van der Waals surface area contributed by atoms with Crippen LogP contribution in [0.1, 0.15) is 29.7 Å². The van der Waals surface area contributed by atoms with E-state index in [2.05, 4.69) is 25.6 Å². The Bertz CT molecular complexity index is 765. The summed E-state index contributed by atoms with van der Waals surface area (Å²) < 4.78 is 10.1. The van der Waals surface area contributed by atoms with Gasteiger partial charge in [0.05, 0.1) is 12.3 Å². The van der Waals surface area contributed by atoms with E-state index >= 15 is 0 Å². The molecule has 9 nitrogen and oxygen atoms in total. The van der Waals surface area contributed by atoms with Gasteiger partial charge >= 0.3 is 0 Å². The first-order valence-corrected chi connectivity index (χ1v) is 9.59. The molecule has 0 bridgehead atoms. The molecule has 1 aliphatic rings. The molecule has 1 saturated heterocycles. The van der Waals surface area contributed by atoms with E-state index in [4.69, 9.17) is 8.94 Å². The third-order valence-corrected chi connectivity index (χ3v) is 4.87. The molecule has 28 heavy (non-hydrogen) atoms. The van der Waals surface area contributed by atoms with Crippen LogP contribution in [0.25, 0.3) is 0 Å². The minimum absolute atomic E-state index is 0.0602. The van der Waals surface area contributed by atoms with Gasteiger partial charge in [0.25, 0.3) is 5.91 Å². The average Bonchev–Trinajstić information content (AvgIpc) is 3.35.